The smallest absolute Gasteiger partial charge is 0.306 e. The second-order valence-corrected chi connectivity index (χ2v) is 5.55. The van der Waals surface area contributed by atoms with Crippen LogP contribution in [0.4, 0.5) is 0 Å². The van der Waals surface area contributed by atoms with Gasteiger partial charge < -0.3 is 15.7 Å². The fraction of sp³-hybridized carbons (Fsp3) is 0.846. The van der Waals surface area contributed by atoms with Crippen molar-refractivity contribution in [2.45, 2.75) is 51.1 Å². The molecule has 3 N–H and O–H groups in total. The highest BCUT2D eigenvalue weighted by molar-refractivity contribution is 5.80. The van der Waals surface area contributed by atoms with Crippen LogP contribution in [-0.2, 0) is 9.59 Å². The zero-order valence-corrected chi connectivity index (χ0v) is 10.8. The highest BCUT2D eigenvalue weighted by Gasteiger charge is 2.33. The number of rotatable bonds is 3. The lowest BCUT2D eigenvalue weighted by atomic mass is 9.85. The van der Waals surface area contributed by atoms with Crippen LogP contribution in [0.5, 0.6) is 0 Å². The molecule has 5 nitrogen and oxygen atoms in total. The van der Waals surface area contributed by atoms with Crippen LogP contribution in [0.1, 0.15) is 39.0 Å². The minimum atomic E-state index is -0.732. The van der Waals surface area contributed by atoms with E-state index < -0.39 is 5.97 Å². The summed E-state index contributed by atoms with van der Waals surface area (Å²) in [5.74, 6) is -0.897. The lowest BCUT2D eigenvalue weighted by molar-refractivity contribution is -0.143. The zero-order valence-electron chi connectivity index (χ0n) is 10.8. The van der Waals surface area contributed by atoms with Crippen molar-refractivity contribution in [1.82, 2.24) is 10.6 Å². The topological polar surface area (TPSA) is 78.4 Å². The van der Waals surface area contributed by atoms with Gasteiger partial charge in [-0.1, -0.05) is 6.42 Å². The predicted molar refractivity (Wildman–Crippen MR) is 67.1 cm³/mol. The van der Waals surface area contributed by atoms with Crippen LogP contribution in [0.3, 0.4) is 0 Å². The fourth-order valence-electron chi connectivity index (χ4n) is 3.07. The number of carbonyl (C=O) groups excluding carboxylic acids is 1. The summed E-state index contributed by atoms with van der Waals surface area (Å²) in [6, 6.07) is 0.268. The van der Waals surface area contributed by atoms with E-state index in [9.17, 15) is 9.59 Å². The van der Waals surface area contributed by atoms with Gasteiger partial charge in [0, 0.05) is 12.1 Å². The van der Waals surface area contributed by atoms with Gasteiger partial charge in [-0.3, -0.25) is 9.59 Å². The number of amides is 1. The molecule has 18 heavy (non-hydrogen) atoms. The van der Waals surface area contributed by atoms with Crippen molar-refractivity contribution in [3.05, 3.63) is 0 Å². The third kappa shape index (κ3) is 3.02. The number of hydrogen-bond donors (Lipinski definition) is 3. The Balaban J connectivity index is 1.85. The van der Waals surface area contributed by atoms with Crippen LogP contribution in [0.2, 0.25) is 0 Å². The number of carbonyl (C=O) groups is 2. The van der Waals surface area contributed by atoms with Gasteiger partial charge in [0.2, 0.25) is 5.91 Å². The molecule has 1 saturated carbocycles. The Kier molecular flexibility index (Phi) is 4.22. The van der Waals surface area contributed by atoms with Crippen molar-refractivity contribution in [1.29, 1.82) is 0 Å². The van der Waals surface area contributed by atoms with Gasteiger partial charge in [-0.05, 0) is 39.2 Å². The molecule has 1 aliphatic carbocycles. The van der Waals surface area contributed by atoms with Gasteiger partial charge in [-0.2, -0.15) is 0 Å². The summed E-state index contributed by atoms with van der Waals surface area (Å²) in [7, 11) is 0. The normalized spacial score (nSPS) is 36.3. The minimum absolute atomic E-state index is 0.0372. The molecule has 102 valence electrons. The molecule has 2 fully saturated rings. The van der Waals surface area contributed by atoms with Crippen molar-refractivity contribution >= 4 is 11.9 Å². The van der Waals surface area contributed by atoms with Gasteiger partial charge in [0.25, 0.3) is 0 Å². The number of hydrogen-bond acceptors (Lipinski definition) is 3. The first-order chi connectivity index (χ1) is 8.58. The SMILES string of the molecule is CC1NCCC1C(=O)NC1CCCC(C(=O)O)C1. The third-order valence-electron chi connectivity index (χ3n) is 4.23. The molecule has 2 aliphatic rings. The van der Waals surface area contributed by atoms with Crippen LogP contribution in [0, 0.1) is 11.8 Å². The predicted octanol–water partition coefficient (Wildman–Crippen LogP) is 0.744. The fourth-order valence-corrected chi connectivity index (χ4v) is 3.07. The van der Waals surface area contributed by atoms with E-state index in [1.807, 2.05) is 6.92 Å². The molecule has 4 atom stereocenters. The number of aliphatic carboxylic acids is 1. The lowest BCUT2D eigenvalue weighted by Crippen LogP contribution is -2.44. The molecule has 4 unspecified atom stereocenters. The molecule has 5 heteroatoms. The highest BCUT2D eigenvalue weighted by Crippen LogP contribution is 2.25. The molecule has 0 aromatic heterocycles. The van der Waals surface area contributed by atoms with Gasteiger partial charge in [-0.25, -0.2) is 0 Å². The van der Waals surface area contributed by atoms with E-state index in [4.69, 9.17) is 5.11 Å². The Morgan fingerprint density at radius 3 is 2.67 bits per heavy atom. The van der Waals surface area contributed by atoms with E-state index in [-0.39, 0.29) is 29.8 Å². The summed E-state index contributed by atoms with van der Waals surface area (Å²) in [4.78, 5) is 23.1. The Morgan fingerprint density at radius 2 is 2.06 bits per heavy atom. The Morgan fingerprint density at radius 1 is 1.28 bits per heavy atom. The minimum Gasteiger partial charge on any atom is -0.481 e. The second kappa shape index (κ2) is 5.69. The van der Waals surface area contributed by atoms with Gasteiger partial charge in [0.15, 0.2) is 0 Å². The van der Waals surface area contributed by atoms with E-state index in [2.05, 4.69) is 10.6 Å². The molecule has 1 aliphatic heterocycles. The molecule has 2 rings (SSSR count). The van der Waals surface area contributed by atoms with Crippen molar-refractivity contribution < 1.29 is 14.7 Å². The summed E-state index contributed by atoms with van der Waals surface area (Å²) in [5, 5.41) is 15.3. The van der Waals surface area contributed by atoms with Gasteiger partial charge in [-0.15, -0.1) is 0 Å². The van der Waals surface area contributed by atoms with Gasteiger partial charge >= 0.3 is 5.97 Å². The van der Waals surface area contributed by atoms with Crippen LogP contribution >= 0.6 is 0 Å². The lowest BCUT2D eigenvalue weighted by Gasteiger charge is -2.28. The standard InChI is InChI=1S/C13H22N2O3/c1-8-11(5-6-14-8)12(16)15-10-4-2-3-9(7-10)13(17)18/h8-11,14H,2-7H2,1H3,(H,15,16)(H,17,18). The van der Waals surface area contributed by atoms with E-state index >= 15 is 0 Å². The molecule has 0 bridgehead atoms. The van der Waals surface area contributed by atoms with Gasteiger partial charge in [0.05, 0.1) is 11.8 Å². The summed E-state index contributed by atoms with van der Waals surface area (Å²) in [6.07, 6.45) is 3.99. The van der Waals surface area contributed by atoms with E-state index in [0.29, 0.717) is 6.42 Å². The molecule has 1 amide bonds. The summed E-state index contributed by atoms with van der Waals surface area (Å²) in [6.45, 7) is 2.92. The first kappa shape index (κ1) is 13.3. The zero-order chi connectivity index (χ0) is 13.1. The highest BCUT2D eigenvalue weighted by atomic mass is 16.4. The number of carboxylic acids is 1. The average molecular weight is 254 g/mol. The molecule has 0 spiro atoms. The largest absolute Gasteiger partial charge is 0.481 e. The molecule has 0 radical (unpaired) electrons. The third-order valence-corrected chi connectivity index (χ3v) is 4.23. The Bertz CT molecular complexity index is 332. The van der Waals surface area contributed by atoms with E-state index in [0.717, 1.165) is 32.2 Å². The number of carboxylic acid groups (broad SMARTS) is 1. The maximum atomic E-state index is 12.1. The maximum Gasteiger partial charge on any atom is 0.306 e. The summed E-state index contributed by atoms with van der Waals surface area (Å²) >= 11 is 0. The van der Waals surface area contributed by atoms with Crippen molar-refractivity contribution in [2.75, 3.05) is 6.54 Å². The molecule has 1 saturated heterocycles. The molecular weight excluding hydrogens is 232 g/mol. The Hall–Kier alpha value is -1.10. The molecular formula is C13H22N2O3. The van der Waals surface area contributed by atoms with E-state index in [1.54, 1.807) is 0 Å². The average Bonchev–Trinajstić information content (AvgIpc) is 2.76. The van der Waals surface area contributed by atoms with Crippen LogP contribution < -0.4 is 10.6 Å². The van der Waals surface area contributed by atoms with Gasteiger partial charge in [0.1, 0.15) is 0 Å². The summed E-state index contributed by atoms with van der Waals surface area (Å²) in [5.41, 5.74) is 0. The Labute approximate surface area is 107 Å². The van der Waals surface area contributed by atoms with E-state index in [1.165, 1.54) is 0 Å². The number of nitrogens with one attached hydrogen (secondary N) is 2. The van der Waals surface area contributed by atoms with Crippen molar-refractivity contribution in [2.24, 2.45) is 11.8 Å². The first-order valence-electron chi connectivity index (χ1n) is 6.84. The molecule has 1 heterocycles. The van der Waals surface area contributed by atoms with Crippen molar-refractivity contribution in [3.8, 4) is 0 Å². The maximum absolute atomic E-state index is 12.1. The molecule has 0 aromatic carbocycles. The van der Waals surface area contributed by atoms with Crippen molar-refractivity contribution in [3.63, 3.8) is 0 Å². The summed E-state index contributed by atoms with van der Waals surface area (Å²) < 4.78 is 0. The van der Waals surface area contributed by atoms with Crippen LogP contribution in [-0.4, -0.2) is 35.6 Å². The molecule has 0 aromatic rings. The second-order valence-electron chi connectivity index (χ2n) is 5.55. The quantitative estimate of drug-likeness (QED) is 0.694. The monoisotopic (exact) mass is 254 g/mol. The van der Waals surface area contributed by atoms with Crippen LogP contribution in [0.15, 0.2) is 0 Å². The first-order valence-corrected chi connectivity index (χ1v) is 6.84. The van der Waals surface area contributed by atoms with Crippen LogP contribution in [0.25, 0.3) is 0 Å².